The largest absolute Gasteiger partial charge is 0.474 e. The number of ether oxygens (including phenoxy) is 1. The van der Waals surface area contributed by atoms with Crippen LogP contribution in [0.5, 0.6) is 0 Å². The molecule has 6 rings (SSSR count). The Bertz CT molecular complexity index is 1670. The Labute approximate surface area is 247 Å². The van der Waals surface area contributed by atoms with Gasteiger partial charge in [0.05, 0.1) is 30.1 Å². The van der Waals surface area contributed by atoms with E-state index in [0.717, 1.165) is 30.8 Å². The van der Waals surface area contributed by atoms with Crippen molar-refractivity contribution in [3.8, 4) is 11.3 Å². The molecule has 2 aromatic carbocycles. The molecular formula is C32H34FN5O3Si. The predicted molar refractivity (Wildman–Crippen MR) is 163 cm³/mol. The molecule has 0 aliphatic carbocycles. The number of hydrogen-bond donors (Lipinski definition) is 0. The second kappa shape index (κ2) is 11.2. The van der Waals surface area contributed by atoms with Crippen LogP contribution < -0.4 is 9.80 Å². The molecule has 0 spiro atoms. The first-order valence-corrected chi connectivity index (χ1v) is 15.3. The van der Waals surface area contributed by atoms with Gasteiger partial charge in [-0.15, -0.1) is 0 Å². The maximum absolute atomic E-state index is 15.5. The smallest absolute Gasteiger partial charge is 0.267 e. The zero-order valence-corrected chi connectivity index (χ0v) is 25.3. The van der Waals surface area contributed by atoms with Crippen molar-refractivity contribution < 1.29 is 18.7 Å². The molecule has 1 fully saturated rings. The van der Waals surface area contributed by atoms with Gasteiger partial charge in [0, 0.05) is 57.4 Å². The fourth-order valence-corrected chi connectivity index (χ4v) is 7.15. The lowest BCUT2D eigenvalue weighted by atomic mass is 9.93. The number of carbonyl (C=O) groups is 2. The standard InChI is InChI=1S/C32H34FN5O3Si/c1-20-25-8-6-5-7-21(25)11-14-38(20)31(39)22-15-29(35(2)3)30-34-28(19-37(30)17-22)26-10-9-23(16-27(26)33)36-13-12-24(18-36)42-32(40)41-4/h5-10,15-17,19-20,24H,11-14,18H2,1-4H3/t20-,24-/m1/s1. The number of benzene rings is 2. The molecule has 2 aliphatic heterocycles. The number of fused-ring (bicyclic) bond motifs is 2. The fraction of sp³-hybridized carbons (Fsp3) is 0.344. The van der Waals surface area contributed by atoms with E-state index < -0.39 is 0 Å². The van der Waals surface area contributed by atoms with Crippen molar-refractivity contribution in [2.45, 2.75) is 31.3 Å². The number of rotatable bonds is 6. The second-order valence-electron chi connectivity index (χ2n) is 11.2. The normalized spacial score (nSPS) is 18.3. The maximum Gasteiger partial charge on any atom is 0.267 e. The van der Waals surface area contributed by atoms with Crippen LogP contribution in [0.15, 0.2) is 60.9 Å². The summed E-state index contributed by atoms with van der Waals surface area (Å²) < 4.78 is 22.2. The SMILES string of the molecule is COC(=O)[Si][C@@H]1CCN(c2ccc(-c3cn4cc(C(=O)N5CCc6ccccc6[C@H]5C)cc(N(C)C)c4n3)c(F)c2)C1. The highest BCUT2D eigenvalue weighted by molar-refractivity contribution is 6.73. The first-order chi connectivity index (χ1) is 20.2. The summed E-state index contributed by atoms with van der Waals surface area (Å²) in [4.78, 5) is 36.3. The fourth-order valence-electron chi connectivity index (χ4n) is 6.12. The Morgan fingerprint density at radius 2 is 1.90 bits per heavy atom. The first-order valence-electron chi connectivity index (χ1n) is 14.2. The Kier molecular flexibility index (Phi) is 7.48. The van der Waals surface area contributed by atoms with Crippen LogP contribution >= 0.6 is 0 Å². The van der Waals surface area contributed by atoms with Crippen LogP contribution in [0, 0.1) is 5.82 Å². The number of imidazole rings is 1. The van der Waals surface area contributed by atoms with Crippen LogP contribution in [0.25, 0.3) is 16.9 Å². The van der Waals surface area contributed by atoms with E-state index in [2.05, 4.69) is 24.0 Å². The van der Waals surface area contributed by atoms with Crippen LogP contribution in [-0.2, 0) is 11.2 Å². The van der Waals surface area contributed by atoms with Gasteiger partial charge in [0.15, 0.2) is 15.2 Å². The number of halogens is 1. The average Bonchev–Trinajstić information content (AvgIpc) is 3.63. The van der Waals surface area contributed by atoms with Gasteiger partial charge in [-0.2, -0.15) is 0 Å². The summed E-state index contributed by atoms with van der Waals surface area (Å²) in [5.41, 5.74) is 6.19. The first kappa shape index (κ1) is 28.0. The molecule has 0 bridgehead atoms. The van der Waals surface area contributed by atoms with Crippen LogP contribution in [0.3, 0.4) is 0 Å². The molecule has 2 aliphatic rings. The lowest BCUT2D eigenvalue weighted by Crippen LogP contribution is -2.39. The van der Waals surface area contributed by atoms with Crippen LogP contribution in [0.2, 0.25) is 5.54 Å². The number of aromatic nitrogens is 2. The molecule has 0 N–H and O–H groups in total. The summed E-state index contributed by atoms with van der Waals surface area (Å²) >= 11 is 0. The van der Waals surface area contributed by atoms with Gasteiger partial charge in [-0.25, -0.2) is 9.37 Å². The van der Waals surface area contributed by atoms with Crippen LogP contribution in [-0.4, -0.2) is 76.1 Å². The molecule has 4 aromatic rings. The van der Waals surface area contributed by atoms with Gasteiger partial charge in [-0.1, -0.05) is 24.3 Å². The van der Waals surface area contributed by atoms with Crippen molar-refractivity contribution in [2.24, 2.45) is 0 Å². The highest BCUT2D eigenvalue weighted by Crippen LogP contribution is 2.34. The van der Waals surface area contributed by atoms with Gasteiger partial charge in [0.25, 0.3) is 11.5 Å². The molecule has 1 saturated heterocycles. The molecule has 0 unspecified atom stereocenters. The topological polar surface area (TPSA) is 70.4 Å². The Balaban J connectivity index is 1.28. The van der Waals surface area contributed by atoms with E-state index in [1.807, 2.05) is 52.6 Å². The summed E-state index contributed by atoms with van der Waals surface area (Å²) in [5, 5.41) is 0. The van der Waals surface area contributed by atoms with E-state index in [1.165, 1.54) is 18.2 Å². The van der Waals surface area contributed by atoms with Crippen molar-refractivity contribution >= 4 is 38.0 Å². The van der Waals surface area contributed by atoms with Crippen molar-refractivity contribution in [3.05, 3.63) is 83.4 Å². The molecule has 2 atom stereocenters. The lowest BCUT2D eigenvalue weighted by molar-refractivity contribution is 0.0677. The van der Waals surface area contributed by atoms with Gasteiger partial charge >= 0.3 is 0 Å². The van der Waals surface area contributed by atoms with E-state index in [-0.39, 0.29) is 38.4 Å². The van der Waals surface area contributed by atoms with Crippen molar-refractivity contribution in [1.29, 1.82) is 0 Å². The molecule has 2 radical (unpaired) electrons. The number of anilines is 2. The highest BCUT2D eigenvalue weighted by atomic mass is 28.2. The molecule has 2 aromatic heterocycles. The number of nitrogens with zero attached hydrogens (tertiary/aromatic N) is 5. The lowest BCUT2D eigenvalue weighted by Gasteiger charge is -2.35. The number of amides is 1. The number of carbonyl (C=O) groups excluding carboxylic acids is 2. The number of pyridine rings is 1. The van der Waals surface area contributed by atoms with Gasteiger partial charge in [-0.3, -0.25) is 9.59 Å². The van der Waals surface area contributed by atoms with E-state index >= 15 is 4.39 Å². The van der Waals surface area contributed by atoms with Crippen molar-refractivity contribution in [1.82, 2.24) is 14.3 Å². The molecule has 216 valence electrons. The summed E-state index contributed by atoms with van der Waals surface area (Å²) in [5.74, 6) is -0.400. The average molecular weight is 584 g/mol. The summed E-state index contributed by atoms with van der Waals surface area (Å²) in [6.07, 6.45) is 5.28. The minimum atomic E-state index is -0.363. The van der Waals surface area contributed by atoms with Gasteiger partial charge < -0.3 is 23.8 Å². The summed E-state index contributed by atoms with van der Waals surface area (Å²) in [6, 6.07) is 15.4. The molecule has 42 heavy (non-hydrogen) atoms. The van der Waals surface area contributed by atoms with Gasteiger partial charge in [0.1, 0.15) is 5.82 Å². The van der Waals surface area contributed by atoms with Gasteiger partial charge in [-0.05, 0) is 60.7 Å². The number of methoxy groups -OCH3 is 1. The minimum Gasteiger partial charge on any atom is -0.474 e. The maximum atomic E-state index is 15.5. The monoisotopic (exact) mass is 583 g/mol. The third-order valence-corrected chi connectivity index (χ3v) is 9.72. The molecule has 0 saturated carbocycles. The minimum absolute atomic E-state index is 0.0290. The van der Waals surface area contributed by atoms with E-state index in [4.69, 9.17) is 9.72 Å². The van der Waals surface area contributed by atoms with Crippen LogP contribution in [0.4, 0.5) is 20.6 Å². The Morgan fingerprint density at radius 3 is 2.67 bits per heavy atom. The quantitative estimate of drug-likeness (QED) is 0.282. The van der Waals surface area contributed by atoms with Crippen molar-refractivity contribution in [3.63, 3.8) is 0 Å². The third-order valence-electron chi connectivity index (χ3n) is 8.41. The second-order valence-corrected chi connectivity index (χ2v) is 12.7. The van der Waals surface area contributed by atoms with E-state index in [0.29, 0.717) is 35.6 Å². The van der Waals surface area contributed by atoms with E-state index in [9.17, 15) is 9.59 Å². The third kappa shape index (κ3) is 5.15. The van der Waals surface area contributed by atoms with Crippen molar-refractivity contribution in [2.75, 3.05) is 50.6 Å². The molecule has 4 heterocycles. The molecule has 1 amide bonds. The Morgan fingerprint density at radius 1 is 1.10 bits per heavy atom. The van der Waals surface area contributed by atoms with E-state index in [1.54, 1.807) is 24.5 Å². The zero-order valence-electron chi connectivity index (χ0n) is 24.3. The molecular weight excluding hydrogens is 549 g/mol. The predicted octanol–water partition coefficient (Wildman–Crippen LogP) is 5.44. The molecule has 8 nitrogen and oxygen atoms in total. The van der Waals surface area contributed by atoms with Crippen LogP contribution in [0.1, 0.15) is 40.9 Å². The zero-order chi connectivity index (χ0) is 29.5. The Hall–Kier alpha value is -4.18. The summed E-state index contributed by atoms with van der Waals surface area (Å²) in [6.45, 7) is 4.20. The number of hydrogen-bond acceptors (Lipinski definition) is 6. The molecule has 10 heteroatoms. The van der Waals surface area contributed by atoms with Gasteiger partial charge in [0.2, 0.25) is 0 Å². The highest BCUT2D eigenvalue weighted by Gasteiger charge is 2.30. The summed E-state index contributed by atoms with van der Waals surface area (Å²) in [7, 11) is 5.34.